The van der Waals surface area contributed by atoms with Gasteiger partial charge in [0.15, 0.2) is 17.6 Å². The van der Waals surface area contributed by atoms with E-state index in [2.05, 4.69) is 5.32 Å². The fraction of sp³-hybridized carbons (Fsp3) is 0.222. The Hall–Kier alpha value is -3.22. The molecule has 0 spiro atoms. The molecule has 7 nitrogen and oxygen atoms in total. The van der Waals surface area contributed by atoms with Crippen LogP contribution in [0.15, 0.2) is 42.5 Å². The van der Waals surface area contributed by atoms with E-state index in [1.54, 1.807) is 37.3 Å². The Kier molecular flexibility index (Phi) is 5.84. The zero-order chi connectivity index (χ0) is 18.4. The van der Waals surface area contributed by atoms with E-state index in [0.29, 0.717) is 28.5 Å². The number of anilines is 1. The summed E-state index contributed by atoms with van der Waals surface area (Å²) in [7, 11) is 3.06. The molecule has 0 heterocycles. The first kappa shape index (κ1) is 18.1. The quantitative estimate of drug-likeness (QED) is 0.802. The fourth-order valence-electron chi connectivity index (χ4n) is 2.11. The highest BCUT2D eigenvalue weighted by Gasteiger charge is 2.16. The predicted octanol–water partition coefficient (Wildman–Crippen LogP) is 2.21. The number of amides is 2. The van der Waals surface area contributed by atoms with Crippen molar-refractivity contribution in [2.75, 3.05) is 19.5 Å². The van der Waals surface area contributed by atoms with Crippen LogP contribution < -0.4 is 25.3 Å². The van der Waals surface area contributed by atoms with Crippen molar-refractivity contribution in [3.8, 4) is 17.2 Å². The van der Waals surface area contributed by atoms with Crippen molar-refractivity contribution in [1.82, 2.24) is 0 Å². The fourth-order valence-corrected chi connectivity index (χ4v) is 2.11. The minimum absolute atomic E-state index is 0.328. The Bertz CT molecular complexity index is 759. The van der Waals surface area contributed by atoms with Crippen molar-refractivity contribution < 1.29 is 23.8 Å². The number of carbonyl (C=O) groups is 2. The van der Waals surface area contributed by atoms with Gasteiger partial charge in [0.1, 0.15) is 5.75 Å². The van der Waals surface area contributed by atoms with Crippen LogP contribution in [0.1, 0.15) is 17.3 Å². The van der Waals surface area contributed by atoms with Crippen LogP contribution in [0.25, 0.3) is 0 Å². The highest BCUT2D eigenvalue weighted by molar-refractivity contribution is 5.94. The third-order valence-corrected chi connectivity index (χ3v) is 3.47. The molecule has 0 bridgehead atoms. The predicted molar refractivity (Wildman–Crippen MR) is 93.2 cm³/mol. The molecule has 2 aromatic carbocycles. The largest absolute Gasteiger partial charge is 0.493 e. The van der Waals surface area contributed by atoms with Gasteiger partial charge in [0.2, 0.25) is 5.91 Å². The SMILES string of the molecule is COc1ccc(NC(=O)[C@@H](C)Oc2ccc(C(N)=O)cc2)cc1OC. The first-order chi connectivity index (χ1) is 11.9. The molecule has 0 aliphatic rings. The molecule has 2 rings (SSSR count). The van der Waals surface area contributed by atoms with Crippen molar-refractivity contribution >= 4 is 17.5 Å². The zero-order valence-electron chi connectivity index (χ0n) is 14.2. The van der Waals surface area contributed by atoms with E-state index in [1.807, 2.05) is 0 Å². The smallest absolute Gasteiger partial charge is 0.265 e. The molecule has 0 saturated carbocycles. The molecule has 25 heavy (non-hydrogen) atoms. The Morgan fingerprint density at radius 1 is 1.00 bits per heavy atom. The Labute approximate surface area is 145 Å². The molecule has 0 aromatic heterocycles. The average Bonchev–Trinajstić information content (AvgIpc) is 2.61. The number of rotatable bonds is 7. The molecule has 2 aromatic rings. The monoisotopic (exact) mass is 344 g/mol. The number of methoxy groups -OCH3 is 2. The van der Waals surface area contributed by atoms with Crippen molar-refractivity contribution in [3.63, 3.8) is 0 Å². The molecular formula is C18H20N2O5. The van der Waals surface area contributed by atoms with Gasteiger partial charge in [0.25, 0.3) is 5.91 Å². The molecule has 3 N–H and O–H groups in total. The third kappa shape index (κ3) is 4.63. The van der Waals surface area contributed by atoms with Gasteiger partial charge in [-0.05, 0) is 43.3 Å². The molecule has 1 atom stereocenters. The molecule has 0 aliphatic carbocycles. The van der Waals surface area contributed by atoms with Crippen LogP contribution in [-0.2, 0) is 4.79 Å². The van der Waals surface area contributed by atoms with E-state index < -0.39 is 12.0 Å². The minimum atomic E-state index is -0.743. The topological polar surface area (TPSA) is 99.9 Å². The maximum atomic E-state index is 12.3. The molecule has 0 radical (unpaired) electrons. The minimum Gasteiger partial charge on any atom is -0.493 e. The lowest BCUT2D eigenvalue weighted by molar-refractivity contribution is -0.122. The third-order valence-electron chi connectivity index (χ3n) is 3.47. The normalized spacial score (nSPS) is 11.3. The molecule has 2 amide bonds. The van der Waals surface area contributed by atoms with E-state index in [-0.39, 0.29) is 5.91 Å². The van der Waals surface area contributed by atoms with Crippen LogP contribution in [0, 0.1) is 0 Å². The van der Waals surface area contributed by atoms with Crippen molar-refractivity contribution in [2.45, 2.75) is 13.0 Å². The van der Waals surface area contributed by atoms with Gasteiger partial charge in [-0.2, -0.15) is 0 Å². The van der Waals surface area contributed by atoms with E-state index in [0.717, 1.165) is 0 Å². The lowest BCUT2D eigenvalue weighted by Gasteiger charge is -2.16. The molecule has 0 fully saturated rings. The summed E-state index contributed by atoms with van der Waals surface area (Å²) in [5, 5.41) is 2.74. The summed E-state index contributed by atoms with van der Waals surface area (Å²) in [6.45, 7) is 1.62. The second kappa shape index (κ2) is 8.05. The first-order valence-electron chi connectivity index (χ1n) is 7.54. The van der Waals surface area contributed by atoms with E-state index in [4.69, 9.17) is 19.9 Å². The summed E-state index contributed by atoms with van der Waals surface area (Å²) >= 11 is 0. The van der Waals surface area contributed by atoms with E-state index >= 15 is 0 Å². The van der Waals surface area contributed by atoms with Crippen molar-refractivity contribution in [2.24, 2.45) is 5.73 Å². The second-order valence-electron chi connectivity index (χ2n) is 5.21. The number of primary amides is 1. The van der Waals surface area contributed by atoms with Gasteiger partial charge in [-0.25, -0.2) is 0 Å². The van der Waals surface area contributed by atoms with Crippen LogP contribution >= 0.6 is 0 Å². The number of ether oxygens (including phenoxy) is 3. The molecule has 0 saturated heterocycles. The van der Waals surface area contributed by atoms with Crippen molar-refractivity contribution in [3.05, 3.63) is 48.0 Å². The molecule has 0 unspecified atom stereocenters. The van der Waals surface area contributed by atoms with Crippen LogP contribution in [0.4, 0.5) is 5.69 Å². The van der Waals surface area contributed by atoms with Gasteiger partial charge in [0.05, 0.1) is 14.2 Å². The molecule has 132 valence electrons. The Morgan fingerprint density at radius 3 is 2.20 bits per heavy atom. The summed E-state index contributed by atoms with van der Waals surface area (Å²) in [6, 6.07) is 11.3. The standard InChI is InChI=1S/C18H20N2O5/c1-11(25-14-7-4-12(5-8-14)17(19)21)18(22)20-13-6-9-15(23-2)16(10-13)24-3/h4-11H,1-3H3,(H2,19,21)(H,20,22)/t11-/m1/s1. The average molecular weight is 344 g/mol. The molecule has 7 heteroatoms. The van der Waals surface area contributed by atoms with Crippen LogP contribution in [0.2, 0.25) is 0 Å². The maximum Gasteiger partial charge on any atom is 0.265 e. The first-order valence-corrected chi connectivity index (χ1v) is 7.54. The lowest BCUT2D eigenvalue weighted by Crippen LogP contribution is -2.30. The maximum absolute atomic E-state index is 12.3. The van der Waals surface area contributed by atoms with E-state index in [9.17, 15) is 9.59 Å². The highest BCUT2D eigenvalue weighted by Crippen LogP contribution is 2.29. The number of hydrogen-bond donors (Lipinski definition) is 2. The van der Waals surface area contributed by atoms with Gasteiger partial charge >= 0.3 is 0 Å². The molecule has 0 aliphatic heterocycles. The Balaban J connectivity index is 2.01. The number of carbonyl (C=O) groups excluding carboxylic acids is 2. The summed E-state index contributed by atoms with van der Waals surface area (Å²) in [5.74, 6) is 0.687. The highest BCUT2D eigenvalue weighted by atomic mass is 16.5. The van der Waals surface area contributed by atoms with Crippen LogP contribution in [0.3, 0.4) is 0 Å². The summed E-state index contributed by atoms with van der Waals surface area (Å²) in [5.41, 5.74) is 6.11. The van der Waals surface area contributed by atoms with Crippen LogP contribution in [0.5, 0.6) is 17.2 Å². The van der Waals surface area contributed by atoms with Gasteiger partial charge in [-0.15, -0.1) is 0 Å². The summed E-state index contributed by atoms with van der Waals surface area (Å²) in [4.78, 5) is 23.3. The van der Waals surface area contributed by atoms with Crippen molar-refractivity contribution in [1.29, 1.82) is 0 Å². The van der Waals surface area contributed by atoms with Gasteiger partial charge in [-0.3, -0.25) is 9.59 Å². The number of nitrogens with two attached hydrogens (primary N) is 1. The zero-order valence-corrected chi connectivity index (χ0v) is 14.2. The van der Waals surface area contributed by atoms with Gasteiger partial charge in [-0.1, -0.05) is 0 Å². The second-order valence-corrected chi connectivity index (χ2v) is 5.21. The van der Waals surface area contributed by atoms with E-state index in [1.165, 1.54) is 26.4 Å². The molecular weight excluding hydrogens is 324 g/mol. The number of nitrogens with one attached hydrogen (secondary N) is 1. The van der Waals surface area contributed by atoms with Gasteiger partial charge in [0, 0.05) is 17.3 Å². The summed E-state index contributed by atoms with van der Waals surface area (Å²) in [6.07, 6.45) is -0.743. The lowest BCUT2D eigenvalue weighted by atomic mass is 10.2. The van der Waals surface area contributed by atoms with Crippen LogP contribution in [-0.4, -0.2) is 32.1 Å². The summed E-state index contributed by atoms with van der Waals surface area (Å²) < 4.78 is 15.9. The Morgan fingerprint density at radius 2 is 1.64 bits per heavy atom. The number of hydrogen-bond acceptors (Lipinski definition) is 5. The number of benzene rings is 2. The van der Waals surface area contributed by atoms with Gasteiger partial charge < -0.3 is 25.3 Å².